The number of ketones is 1. The van der Waals surface area contributed by atoms with Crippen LogP contribution in [-0.2, 0) is 4.79 Å². The van der Waals surface area contributed by atoms with E-state index in [9.17, 15) is 4.79 Å². The first-order chi connectivity index (χ1) is 5.29. The zero-order chi connectivity index (χ0) is 8.10. The van der Waals surface area contributed by atoms with Gasteiger partial charge in [-0.3, -0.25) is 4.79 Å². The Hall–Kier alpha value is -0.240. The fourth-order valence-corrected chi connectivity index (χ4v) is 2.31. The monoisotopic (exact) mass is 170 g/mol. The van der Waals surface area contributed by atoms with Gasteiger partial charge in [-0.25, -0.2) is 0 Å². The van der Waals surface area contributed by atoms with Crippen LogP contribution in [0.3, 0.4) is 0 Å². The van der Waals surface area contributed by atoms with E-state index in [2.05, 4.69) is 6.08 Å². The van der Waals surface area contributed by atoms with Crippen LogP contribution in [0.1, 0.15) is 19.8 Å². The fraction of sp³-hybridized carbons (Fsp3) is 0.667. The third kappa shape index (κ3) is 3.61. The lowest BCUT2D eigenvalue weighted by molar-refractivity contribution is -0.112. The lowest BCUT2D eigenvalue weighted by Crippen LogP contribution is -2.07. The Balaban J connectivity index is 2.29. The van der Waals surface area contributed by atoms with Crippen LogP contribution in [0.5, 0.6) is 0 Å². The maximum Gasteiger partial charge on any atom is 0.152 e. The van der Waals surface area contributed by atoms with E-state index in [0.717, 1.165) is 0 Å². The van der Waals surface area contributed by atoms with E-state index in [4.69, 9.17) is 0 Å². The highest BCUT2D eigenvalue weighted by molar-refractivity contribution is 7.99. The van der Waals surface area contributed by atoms with E-state index in [1.165, 1.54) is 24.3 Å². The summed E-state index contributed by atoms with van der Waals surface area (Å²) in [5.41, 5.74) is 0. The largest absolute Gasteiger partial charge is 0.295 e. The minimum Gasteiger partial charge on any atom is -0.295 e. The molecule has 11 heavy (non-hydrogen) atoms. The molecule has 1 aliphatic heterocycles. The fourth-order valence-electron chi connectivity index (χ4n) is 1.19. The predicted molar refractivity (Wildman–Crippen MR) is 49.9 cm³/mol. The second kappa shape index (κ2) is 4.60. The molecule has 0 saturated carbocycles. The van der Waals surface area contributed by atoms with Crippen molar-refractivity contribution in [2.75, 3.05) is 11.5 Å². The molecule has 1 nitrogen and oxygen atoms in total. The highest BCUT2D eigenvalue weighted by Crippen LogP contribution is 2.23. The van der Waals surface area contributed by atoms with Crippen molar-refractivity contribution in [1.29, 1.82) is 0 Å². The molecule has 62 valence electrons. The molecule has 2 heteroatoms. The summed E-state index contributed by atoms with van der Waals surface area (Å²) in [5.74, 6) is 3.31. The van der Waals surface area contributed by atoms with Gasteiger partial charge in [0, 0.05) is 0 Å². The molecule has 0 amide bonds. The molecule has 0 aromatic heterocycles. The van der Waals surface area contributed by atoms with E-state index in [1.54, 1.807) is 13.0 Å². The van der Waals surface area contributed by atoms with Gasteiger partial charge in [-0.2, -0.15) is 11.8 Å². The number of hydrogen-bond acceptors (Lipinski definition) is 2. The standard InChI is InChI=1S/C9H14OS/c1-8(10)4-5-9-3-2-6-11-7-9/h4-5,9H,2-3,6-7H2,1H3/b5-4+/t9-/m0/s1. The summed E-state index contributed by atoms with van der Waals surface area (Å²) in [4.78, 5) is 10.6. The molecule has 0 N–H and O–H groups in total. The summed E-state index contributed by atoms with van der Waals surface area (Å²) >= 11 is 1.99. The molecular formula is C9H14OS. The van der Waals surface area contributed by atoms with E-state index < -0.39 is 0 Å². The van der Waals surface area contributed by atoms with E-state index >= 15 is 0 Å². The van der Waals surface area contributed by atoms with Gasteiger partial charge in [-0.15, -0.1) is 0 Å². The first kappa shape index (κ1) is 8.85. The Bertz CT molecular complexity index is 157. The van der Waals surface area contributed by atoms with Gasteiger partial charge < -0.3 is 0 Å². The van der Waals surface area contributed by atoms with E-state index in [1.807, 2.05) is 11.8 Å². The van der Waals surface area contributed by atoms with Gasteiger partial charge in [-0.1, -0.05) is 6.08 Å². The summed E-state index contributed by atoms with van der Waals surface area (Å²) in [6.07, 6.45) is 6.33. The molecule has 1 atom stereocenters. The molecule has 0 spiro atoms. The number of hydrogen-bond donors (Lipinski definition) is 0. The Kier molecular flexibility index (Phi) is 3.70. The Morgan fingerprint density at radius 1 is 1.64 bits per heavy atom. The summed E-state index contributed by atoms with van der Waals surface area (Å²) in [6, 6.07) is 0. The predicted octanol–water partition coefficient (Wildman–Crippen LogP) is 2.27. The smallest absolute Gasteiger partial charge is 0.152 e. The molecule has 0 radical (unpaired) electrons. The highest BCUT2D eigenvalue weighted by Gasteiger charge is 2.09. The Morgan fingerprint density at radius 2 is 2.45 bits per heavy atom. The van der Waals surface area contributed by atoms with Crippen molar-refractivity contribution in [3.63, 3.8) is 0 Å². The van der Waals surface area contributed by atoms with Crippen LogP contribution in [0.15, 0.2) is 12.2 Å². The minimum absolute atomic E-state index is 0.167. The molecule has 0 aromatic rings. The van der Waals surface area contributed by atoms with Crippen molar-refractivity contribution in [2.45, 2.75) is 19.8 Å². The Labute approximate surface area is 72.2 Å². The van der Waals surface area contributed by atoms with Gasteiger partial charge in [-0.05, 0) is 43.3 Å². The van der Waals surface area contributed by atoms with Crippen LogP contribution in [0.4, 0.5) is 0 Å². The zero-order valence-electron chi connectivity index (χ0n) is 6.88. The van der Waals surface area contributed by atoms with Crippen molar-refractivity contribution in [2.24, 2.45) is 5.92 Å². The molecule has 0 unspecified atom stereocenters. The van der Waals surface area contributed by atoms with Crippen LogP contribution < -0.4 is 0 Å². The van der Waals surface area contributed by atoms with Crippen LogP contribution in [-0.4, -0.2) is 17.3 Å². The lowest BCUT2D eigenvalue weighted by Gasteiger charge is -2.16. The lowest BCUT2D eigenvalue weighted by atomic mass is 10.0. The first-order valence-electron chi connectivity index (χ1n) is 4.05. The molecule has 0 bridgehead atoms. The van der Waals surface area contributed by atoms with Crippen molar-refractivity contribution < 1.29 is 4.79 Å². The first-order valence-corrected chi connectivity index (χ1v) is 5.21. The van der Waals surface area contributed by atoms with Crippen molar-refractivity contribution in [3.8, 4) is 0 Å². The normalized spacial score (nSPS) is 25.7. The number of carbonyl (C=O) groups excluding carboxylic acids is 1. The molecule has 1 heterocycles. The number of carbonyl (C=O) groups is 1. The summed E-state index contributed by atoms with van der Waals surface area (Å²) < 4.78 is 0. The van der Waals surface area contributed by atoms with Crippen LogP contribution in [0, 0.1) is 5.92 Å². The Morgan fingerprint density at radius 3 is 3.00 bits per heavy atom. The van der Waals surface area contributed by atoms with Crippen molar-refractivity contribution >= 4 is 17.5 Å². The summed E-state index contributed by atoms with van der Waals surface area (Å²) in [7, 11) is 0. The maximum absolute atomic E-state index is 10.6. The molecule has 0 aromatic carbocycles. The van der Waals surface area contributed by atoms with Crippen molar-refractivity contribution in [1.82, 2.24) is 0 Å². The van der Waals surface area contributed by atoms with Gasteiger partial charge in [0.15, 0.2) is 5.78 Å². The third-order valence-corrected chi connectivity index (χ3v) is 3.04. The second-order valence-electron chi connectivity index (χ2n) is 2.95. The van der Waals surface area contributed by atoms with E-state index in [-0.39, 0.29) is 5.78 Å². The van der Waals surface area contributed by atoms with Crippen LogP contribution in [0.2, 0.25) is 0 Å². The molecule has 1 rings (SSSR count). The SMILES string of the molecule is CC(=O)/C=C/[C@@H]1CCCSC1. The van der Waals surface area contributed by atoms with Gasteiger partial charge >= 0.3 is 0 Å². The van der Waals surface area contributed by atoms with Crippen molar-refractivity contribution in [3.05, 3.63) is 12.2 Å². The topological polar surface area (TPSA) is 17.1 Å². The summed E-state index contributed by atoms with van der Waals surface area (Å²) in [6.45, 7) is 1.60. The van der Waals surface area contributed by atoms with Gasteiger partial charge in [0.2, 0.25) is 0 Å². The number of allylic oxidation sites excluding steroid dienone is 2. The average Bonchev–Trinajstić information content (AvgIpc) is 2.03. The van der Waals surface area contributed by atoms with Crippen LogP contribution >= 0.6 is 11.8 Å². The average molecular weight is 170 g/mol. The molecule has 0 aliphatic carbocycles. The van der Waals surface area contributed by atoms with Gasteiger partial charge in [0.25, 0.3) is 0 Å². The van der Waals surface area contributed by atoms with Gasteiger partial charge in [0.1, 0.15) is 0 Å². The summed E-state index contributed by atoms with van der Waals surface area (Å²) in [5, 5.41) is 0. The zero-order valence-corrected chi connectivity index (χ0v) is 7.69. The highest BCUT2D eigenvalue weighted by atomic mass is 32.2. The molecule has 1 aliphatic rings. The maximum atomic E-state index is 10.6. The minimum atomic E-state index is 0.167. The molecule has 1 fully saturated rings. The third-order valence-electron chi connectivity index (χ3n) is 1.80. The van der Waals surface area contributed by atoms with E-state index in [0.29, 0.717) is 5.92 Å². The quantitative estimate of drug-likeness (QED) is 0.591. The van der Waals surface area contributed by atoms with Gasteiger partial charge in [0.05, 0.1) is 0 Å². The number of thioether (sulfide) groups is 1. The molecule has 1 saturated heterocycles. The number of rotatable bonds is 2. The van der Waals surface area contributed by atoms with Crippen LogP contribution in [0.25, 0.3) is 0 Å². The second-order valence-corrected chi connectivity index (χ2v) is 4.10. The molecular weight excluding hydrogens is 156 g/mol.